The van der Waals surface area contributed by atoms with E-state index < -0.39 is 5.97 Å². The number of nitrogens with zero attached hydrogens (tertiary/aromatic N) is 4. The van der Waals surface area contributed by atoms with Gasteiger partial charge in [-0.15, -0.1) is 0 Å². The molecule has 6 nitrogen and oxygen atoms in total. The number of hydrogen-bond acceptors (Lipinski definition) is 4. The van der Waals surface area contributed by atoms with Crippen LogP contribution in [0.5, 0.6) is 0 Å². The second-order valence-electron chi connectivity index (χ2n) is 7.72. The van der Waals surface area contributed by atoms with E-state index in [1.807, 2.05) is 53.2 Å². The first-order valence-electron chi connectivity index (χ1n) is 10.9. The number of carboxylic acids is 1. The number of carbonyl (C=O) groups is 1. The van der Waals surface area contributed by atoms with Gasteiger partial charge in [0, 0.05) is 23.7 Å². The number of carboxylic acid groups (broad SMARTS) is 1. The van der Waals surface area contributed by atoms with E-state index in [0.717, 1.165) is 54.2 Å². The third-order valence-electron chi connectivity index (χ3n) is 5.39. The zero-order valence-corrected chi connectivity index (χ0v) is 18.1. The van der Waals surface area contributed by atoms with Crippen molar-refractivity contribution >= 4 is 5.97 Å². The minimum atomic E-state index is -0.947. The lowest BCUT2D eigenvalue weighted by Gasteiger charge is -2.08. The lowest BCUT2D eigenvalue weighted by molar-refractivity contribution is 0.0697. The van der Waals surface area contributed by atoms with Gasteiger partial charge in [-0.2, -0.15) is 5.10 Å². The van der Waals surface area contributed by atoms with E-state index in [0.29, 0.717) is 12.1 Å². The summed E-state index contributed by atoms with van der Waals surface area (Å²) >= 11 is 0. The van der Waals surface area contributed by atoms with Gasteiger partial charge in [-0.25, -0.2) is 14.5 Å². The second kappa shape index (κ2) is 10.0. The third-order valence-corrected chi connectivity index (χ3v) is 5.39. The highest BCUT2D eigenvalue weighted by atomic mass is 16.4. The summed E-state index contributed by atoms with van der Waals surface area (Å²) < 4.78 is 1.94. The van der Waals surface area contributed by atoms with Crippen LogP contribution in [0.2, 0.25) is 0 Å². The van der Waals surface area contributed by atoms with Crippen LogP contribution in [0.4, 0.5) is 0 Å². The summed E-state index contributed by atoms with van der Waals surface area (Å²) in [5.74, 6) is 0.737. The molecule has 0 amide bonds. The molecule has 6 heteroatoms. The molecule has 4 rings (SSSR count). The average molecular weight is 427 g/mol. The Labute approximate surface area is 187 Å². The summed E-state index contributed by atoms with van der Waals surface area (Å²) in [6, 6.07) is 20.8. The Morgan fingerprint density at radius 2 is 1.72 bits per heavy atom. The number of aromatic carboxylic acids is 1. The fourth-order valence-corrected chi connectivity index (χ4v) is 3.68. The predicted molar refractivity (Wildman–Crippen MR) is 124 cm³/mol. The van der Waals surface area contributed by atoms with E-state index >= 15 is 0 Å². The van der Waals surface area contributed by atoms with Gasteiger partial charge in [0.1, 0.15) is 5.82 Å². The monoisotopic (exact) mass is 426 g/mol. The maximum absolute atomic E-state index is 11.5. The van der Waals surface area contributed by atoms with E-state index in [4.69, 9.17) is 10.1 Å². The number of hydrogen-bond donors (Lipinski definition) is 1. The maximum atomic E-state index is 11.5. The Bertz CT molecular complexity index is 1180. The Balaban J connectivity index is 1.59. The summed E-state index contributed by atoms with van der Waals surface area (Å²) in [5.41, 5.74) is 3.55. The van der Waals surface area contributed by atoms with Crippen LogP contribution in [-0.4, -0.2) is 30.8 Å². The maximum Gasteiger partial charge on any atom is 0.336 e. The first-order chi connectivity index (χ1) is 15.7. The Kier molecular flexibility index (Phi) is 6.70. The summed E-state index contributed by atoms with van der Waals surface area (Å²) in [6.45, 7) is 2.70. The van der Waals surface area contributed by atoms with Gasteiger partial charge < -0.3 is 5.11 Å². The number of aryl methyl sites for hydroxylation is 1. The van der Waals surface area contributed by atoms with Gasteiger partial charge >= 0.3 is 5.97 Å². The highest BCUT2D eigenvalue weighted by Crippen LogP contribution is 2.24. The third kappa shape index (κ3) is 4.91. The van der Waals surface area contributed by atoms with Crippen molar-refractivity contribution < 1.29 is 9.90 Å². The van der Waals surface area contributed by atoms with E-state index in [-0.39, 0.29) is 5.56 Å². The van der Waals surface area contributed by atoms with Crippen molar-refractivity contribution in [3.63, 3.8) is 0 Å². The smallest absolute Gasteiger partial charge is 0.336 e. The van der Waals surface area contributed by atoms with Crippen LogP contribution in [-0.2, 0) is 13.0 Å². The lowest BCUT2D eigenvalue weighted by Crippen LogP contribution is -2.08. The summed E-state index contributed by atoms with van der Waals surface area (Å²) in [7, 11) is 0. The predicted octanol–water partition coefficient (Wildman–Crippen LogP) is 5.49. The molecule has 2 heterocycles. The molecular weight excluding hydrogens is 400 g/mol. The van der Waals surface area contributed by atoms with E-state index in [1.165, 1.54) is 0 Å². The van der Waals surface area contributed by atoms with Crippen LogP contribution in [0.15, 0.2) is 72.9 Å². The molecule has 0 aliphatic rings. The van der Waals surface area contributed by atoms with Gasteiger partial charge in [-0.3, -0.25) is 4.98 Å². The number of unbranched alkanes of at least 4 members (excludes halogenated alkanes) is 2. The molecule has 0 saturated heterocycles. The van der Waals surface area contributed by atoms with Gasteiger partial charge in [0.15, 0.2) is 5.82 Å². The number of pyridine rings is 1. The van der Waals surface area contributed by atoms with E-state index in [2.05, 4.69) is 11.9 Å². The summed E-state index contributed by atoms with van der Waals surface area (Å²) in [6.07, 6.45) is 5.98. The van der Waals surface area contributed by atoms with Crippen LogP contribution in [0.25, 0.3) is 22.5 Å². The van der Waals surface area contributed by atoms with Crippen molar-refractivity contribution in [2.75, 3.05) is 0 Å². The van der Waals surface area contributed by atoms with Crippen LogP contribution in [0.3, 0.4) is 0 Å². The molecule has 0 unspecified atom stereocenters. The lowest BCUT2D eigenvalue weighted by atomic mass is 10.0. The van der Waals surface area contributed by atoms with Gasteiger partial charge in [-0.05, 0) is 24.1 Å². The molecule has 0 atom stereocenters. The number of rotatable bonds is 9. The van der Waals surface area contributed by atoms with Crippen LogP contribution >= 0.6 is 0 Å². The number of benzene rings is 2. The van der Waals surface area contributed by atoms with Gasteiger partial charge in [-0.1, -0.05) is 74.4 Å². The first-order valence-corrected chi connectivity index (χ1v) is 10.9. The normalized spacial score (nSPS) is 10.9. The minimum Gasteiger partial charge on any atom is -0.478 e. The molecule has 0 bridgehead atoms. The molecular formula is C26H26N4O2. The van der Waals surface area contributed by atoms with Crippen molar-refractivity contribution in [2.45, 2.75) is 39.2 Å². The molecule has 4 aromatic rings. The molecule has 2 aromatic heterocycles. The van der Waals surface area contributed by atoms with Gasteiger partial charge in [0.2, 0.25) is 0 Å². The van der Waals surface area contributed by atoms with Crippen molar-refractivity contribution in [3.05, 3.63) is 90.0 Å². The molecule has 32 heavy (non-hydrogen) atoms. The fourth-order valence-electron chi connectivity index (χ4n) is 3.68. The Hall–Kier alpha value is -3.80. The average Bonchev–Trinajstić information content (AvgIpc) is 3.23. The van der Waals surface area contributed by atoms with Crippen LogP contribution in [0, 0.1) is 0 Å². The largest absolute Gasteiger partial charge is 0.478 e. The highest BCUT2D eigenvalue weighted by Gasteiger charge is 2.14. The van der Waals surface area contributed by atoms with Crippen molar-refractivity contribution in [2.24, 2.45) is 0 Å². The highest BCUT2D eigenvalue weighted by molar-refractivity contribution is 5.95. The van der Waals surface area contributed by atoms with Crippen molar-refractivity contribution in [1.29, 1.82) is 0 Å². The van der Waals surface area contributed by atoms with Crippen molar-refractivity contribution in [1.82, 2.24) is 19.7 Å². The SMILES string of the molecule is CCCCCc1nc(-c2ccccc2)nn1Cc1ccc(-c2ccccc2C(=O)O)cn1. The summed E-state index contributed by atoms with van der Waals surface area (Å²) in [5, 5.41) is 14.2. The van der Waals surface area contributed by atoms with Crippen LogP contribution in [0.1, 0.15) is 48.1 Å². The molecule has 1 N–H and O–H groups in total. The quantitative estimate of drug-likeness (QED) is 0.358. The molecule has 0 aliphatic carbocycles. The Morgan fingerprint density at radius 1 is 0.938 bits per heavy atom. The standard InChI is InChI=1S/C26H26N4O2/c1-2-3-5-14-24-28-25(19-10-6-4-7-11-19)29-30(24)18-21-16-15-20(17-27-21)22-12-8-9-13-23(22)26(31)32/h4,6-13,15-17H,2-3,5,14,18H2,1H3,(H,31,32). The van der Waals surface area contributed by atoms with Gasteiger partial charge in [0.25, 0.3) is 0 Å². The minimum absolute atomic E-state index is 0.268. The summed E-state index contributed by atoms with van der Waals surface area (Å²) in [4.78, 5) is 20.9. The molecule has 0 aliphatic heterocycles. The Morgan fingerprint density at radius 3 is 2.44 bits per heavy atom. The first kappa shape index (κ1) is 21.4. The number of aromatic nitrogens is 4. The zero-order chi connectivity index (χ0) is 22.3. The molecule has 2 aromatic carbocycles. The second-order valence-corrected chi connectivity index (χ2v) is 7.72. The molecule has 0 fully saturated rings. The van der Waals surface area contributed by atoms with Crippen molar-refractivity contribution in [3.8, 4) is 22.5 Å². The molecule has 162 valence electrons. The van der Waals surface area contributed by atoms with E-state index in [1.54, 1.807) is 24.4 Å². The molecule has 0 radical (unpaired) electrons. The molecule has 0 spiro atoms. The van der Waals surface area contributed by atoms with E-state index in [9.17, 15) is 9.90 Å². The van der Waals surface area contributed by atoms with Crippen LogP contribution < -0.4 is 0 Å². The fraction of sp³-hybridized carbons (Fsp3) is 0.231. The zero-order valence-electron chi connectivity index (χ0n) is 18.1. The van der Waals surface area contributed by atoms with Gasteiger partial charge in [0.05, 0.1) is 17.8 Å². The topological polar surface area (TPSA) is 80.9 Å². The molecule has 0 saturated carbocycles.